The van der Waals surface area contributed by atoms with Gasteiger partial charge in [0.2, 0.25) is 0 Å². The van der Waals surface area contributed by atoms with Crippen LogP contribution in [0.4, 0.5) is 0 Å². The van der Waals surface area contributed by atoms with Gasteiger partial charge >= 0.3 is 0 Å². The van der Waals surface area contributed by atoms with E-state index in [1.807, 2.05) is 0 Å². The Hall–Kier alpha value is -0.410. The minimum absolute atomic E-state index is 0.156. The van der Waals surface area contributed by atoms with E-state index in [2.05, 4.69) is 4.90 Å². The normalized spacial score (nSPS) is 25.8. The number of piperidine rings is 1. The summed E-state index contributed by atoms with van der Waals surface area (Å²) in [6.45, 7) is 2.50. The molecule has 0 N–H and O–H groups in total. The van der Waals surface area contributed by atoms with Gasteiger partial charge in [-0.1, -0.05) is 19.3 Å². The van der Waals surface area contributed by atoms with Gasteiger partial charge in [0.1, 0.15) is 6.61 Å². The van der Waals surface area contributed by atoms with Crippen molar-refractivity contribution in [1.29, 1.82) is 0 Å². The van der Waals surface area contributed by atoms with Gasteiger partial charge in [-0.2, -0.15) is 0 Å². The Balaban J connectivity index is 2.10. The van der Waals surface area contributed by atoms with Gasteiger partial charge in [-0.25, -0.2) is 0 Å². The molecule has 1 aliphatic carbocycles. The molecule has 16 heavy (non-hydrogen) atoms. The third kappa shape index (κ3) is 2.16. The number of Topliss-reactive ketones (excluding diaryl/α,β-unsaturated/α-hetero) is 1. The number of nitrogens with zero attached hydrogens (tertiary/aromatic N) is 1. The van der Waals surface area contributed by atoms with Crippen molar-refractivity contribution in [2.45, 2.75) is 50.5 Å². The van der Waals surface area contributed by atoms with E-state index >= 15 is 0 Å². The van der Waals surface area contributed by atoms with Crippen molar-refractivity contribution in [1.82, 2.24) is 4.90 Å². The molecule has 3 heteroatoms. The zero-order valence-corrected chi connectivity index (χ0v) is 10.3. The van der Waals surface area contributed by atoms with Crippen LogP contribution in [-0.2, 0) is 9.53 Å². The molecular formula is C13H23NO2. The molecule has 0 amide bonds. The number of likely N-dealkylation sites (tertiary alicyclic amines) is 1. The average Bonchev–Trinajstić information content (AvgIpc) is 2.81. The molecule has 2 fully saturated rings. The Kier molecular flexibility index (Phi) is 3.98. The topological polar surface area (TPSA) is 29.5 Å². The molecule has 3 nitrogen and oxygen atoms in total. The number of carbonyl (C=O) groups is 1. The van der Waals surface area contributed by atoms with Crippen LogP contribution in [0.5, 0.6) is 0 Å². The van der Waals surface area contributed by atoms with Gasteiger partial charge in [0.05, 0.1) is 5.54 Å². The SMILES string of the molecule is COCC(=O)C1(N2CCCCC2)CCCC1. The molecule has 0 atom stereocenters. The van der Waals surface area contributed by atoms with Crippen LogP contribution < -0.4 is 0 Å². The first-order valence-electron chi connectivity index (χ1n) is 6.57. The van der Waals surface area contributed by atoms with Crippen molar-refractivity contribution >= 4 is 5.78 Å². The molecular weight excluding hydrogens is 202 g/mol. The first-order valence-corrected chi connectivity index (χ1v) is 6.57. The number of ether oxygens (including phenoxy) is 1. The number of carbonyl (C=O) groups excluding carboxylic acids is 1. The van der Waals surface area contributed by atoms with E-state index < -0.39 is 0 Å². The lowest BCUT2D eigenvalue weighted by molar-refractivity contribution is -0.135. The van der Waals surface area contributed by atoms with Crippen molar-refractivity contribution in [3.8, 4) is 0 Å². The molecule has 0 aromatic heterocycles. The summed E-state index contributed by atoms with van der Waals surface area (Å²) >= 11 is 0. The Bertz CT molecular complexity index is 240. The second-order valence-electron chi connectivity index (χ2n) is 5.14. The van der Waals surface area contributed by atoms with E-state index in [4.69, 9.17) is 4.74 Å². The Labute approximate surface area is 98.1 Å². The largest absolute Gasteiger partial charge is 0.377 e. The van der Waals surface area contributed by atoms with Crippen molar-refractivity contribution in [2.75, 3.05) is 26.8 Å². The molecule has 0 aromatic rings. The predicted molar refractivity (Wildman–Crippen MR) is 63.5 cm³/mol. The first-order chi connectivity index (χ1) is 7.79. The number of ketones is 1. The van der Waals surface area contributed by atoms with E-state index in [0.717, 1.165) is 25.9 Å². The van der Waals surface area contributed by atoms with Crippen molar-refractivity contribution in [3.63, 3.8) is 0 Å². The minimum Gasteiger partial charge on any atom is -0.377 e. The molecule has 1 saturated heterocycles. The molecule has 0 radical (unpaired) electrons. The summed E-state index contributed by atoms with van der Waals surface area (Å²) in [6.07, 6.45) is 8.33. The van der Waals surface area contributed by atoms with Gasteiger partial charge in [-0.15, -0.1) is 0 Å². The Morgan fingerprint density at radius 1 is 1.12 bits per heavy atom. The van der Waals surface area contributed by atoms with E-state index in [-0.39, 0.29) is 12.1 Å². The van der Waals surface area contributed by atoms with E-state index in [1.54, 1.807) is 7.11 Å². The molecule has 1 heterocycles. The highest BCUT2D eigenvalue weighted by atomic mass is 16.5. The van der Waals surface area contributed by atoms with Gasteiger partial charge in [-0.05, 0) is 38.8 Å². The lowest BCUT2D eigenvalue weighted by Crippen LogP contribution is -2.55. The minimum atomic E-state index is -0.156. The average molecular weight is 225 g/mol. The first kappa shape index (κ1) is 12.1. The highest BCUT2D eigenvalue weighted by molar-refractivity contribution is 5.89. The summed E-state index contributed by atoms with van der Waals surface area (Å²) in [5.41, 5.74) is -0.156. The number of rotatable bonds is 4. The molecule has 0 aromatic carbocycles. The standard InChI is InChI=1S/C13H23NO2/c1-16-11-12(15)13(7-3-4-8-13)14-9-5-2-6-10-14/h2-11H2,1H3. The fourth-order valence-corrected chi connectivity index (χ4v) is 3.32. The fraction of sp³-hybridized carbons (Fsp3) is 0.923. The van der Waals surface area contributed by atoms with Crippen LogP contribution >= 0.6 is 0 Å². The maximum absolute atomic E-state index is 12.3. The highest BCUT2D eigenvalue weighted by Gasteiger charge is 2.45. The zero-order valence-electron chi connectivity index (χ0n) is 10.3. The number of hydrogen-bond acceptors (Lipinski definition) is 3. The summed E-state index contributed by atoms with van der Waals surface area (Å²) in [4.78, 5) is 14.7. The molecule has 0 spiro atoms. The van der Waals surface area contributed by atoms with Crippen molar-refractivity contribution in [2.24, 2.45) is 0 Å². The van der Waals surface area contributed by atoms with E-state index in [1.165, 1.54) is 32.1 Å². The smallest absolute Gasteiger partial charge is 0.178 e. The summed E-state index contributed by atoms with van der Waals surface area (Å²) < 4.78 is 5.06. The van der Waals surface area contributed by atoms with E-state index in [0.29, 0.717) is 5.78 Å². The fourth-order valence-electron chi connectivity index (χ4n) is 3.32. The Morgan fingerprint density at radius 2 is 1.75 bits per heavy atom. The van der Waals surface area contributed by atoms with Crippen LogP contribution in [0.15, 0.2) is 0 Å². The monoisotopic (exact) mass is 225 g/mol. The predicted octanol–water partition coefficient (Wildman–Crippen LogP) is 2.00. The molecule has 92 valence electrons. The number of methoxy groups -OCH3 is 1. The second kappa shape index (κ2) is 5.28. The van der Waals surface area contributed by atoms with Gasteiger partial charge in [0.25, 0.3) is 0 Å². The lowest BCUT2D eigenvalue weighted by atomic mass is 9.88. The van der Waals surface area contributed by atoms with E-state index in [9.17, 15) is 4.79 Å². The zero-order chi connectivity index (χ0) is 11.4. The molecule has 0 bridgehead atoms. The van der Waals surface area contributed by atoms with Gasteiger partial charge < -0.3 is 4.74 Å². The van der Waals surface area contributed by atoms with Crippen molar-refractivity contribution < 1.29 is 9.53 Å². The third-order valence-electron chi connectivity index (χ3n) is 4.19. The van der Waals surface area contributed by atoms with Crippen molar-refractivity contribution in [3.05, 3.63) is 0 Å². The van der Waals surface area contributed by atoms with Crippen LogP contribution in [0.25, 0.3) is 0 Å². The van der Waals surface area contributed by atoms with Crippen LogP contribution in [0, 0.1) is 0 Å². The summed E-state index contributed by atoms with van der Waals surface area (Å²) in [5.74, 6) is 0.314. The highest BCUT2D eigenvalue weighted by Crippen LogP contribution is 2.37. The molecule has 2 aliphatic rings. The molecule has 1 aliphatic heterocycles. The Morgan fingerprint density at radius 3 is 2.31 bits per heavy atom. The molecule has 1 saturated carbocycles. The summed E-state index contributed by atoms with van der Waals surface area (Å²) in [5, 5.41) is 0. The number of hydrogen-bond donors (Lipinski definition) is 0. The maximum atomic E-state index is 12.3. The van der Waals surface area contributed by atoms with Gasteiger partial charge in [0, 0.05) is 7.11 Å². The summed E-state index contributed by atoms with van der Waals surface area (Å²) in [6, 6.07) is 0. The van der Waals surface area contributed by atoms with Crippen LogP contribution in [0.1, 0.15) is 44.9 Å². The maximum Gasteiger partial charge on any atom is 0.178 e. The third-order valence-corrected chi connectivity index (χ3v) is 4.19. The van der Waals surface area contributed by atoms with Crippen LogP contribution in [0.2, 0.25) is 0 Å². The van der Waals surface area contributed by atoms with Crippen LogP contribution in [-0.4, -0.2) is 43.0 Å². The lowest BCUT2D eigenvalue weighted by Gasteiger charge is -2.42. The molecule has 2 rings (SSSR count). The van der Waals surface area contributed by atoms with Gasteiger partial charge in [-0.3, -0.25) is 9.69 Å². The van der Waals surface area contributed by atoms with Crippen LogP contribution in [0.3, 0.4) is 0 Å². The molecule has 0 unspecified atom stereocenters. The van der Waals surface area contributed by atoms with Gasteiger partial charge in [0.15, 0.2) is 5.78 Å². The quantitative estimate of drug-likeness (QED) is 0.733. The summed E-state index contributed by atoms with van der Waals surface area (Å²) in [7, 11) is 1.62. The second-order valence-corrected chi connectivity index (χ2v) is 5.14.